The monoisotopic (exact) mass is 384 g/mol. The van der Waals surface area contributed by atoms with Crippen LogP contribution in [-0.4, -0.2) is 23.1 Å². The Hall–Kier alpha value is -2.79. The molecule has 0 fully saturated rings. The molecule has 3 rings (SSSR count). The number of hydrogen-bond acceptors (Lipinski definition) is 4. The number of nitrogens with one attached hydrogen (secondary N) is 1. The number of benzene rings is 2. The minimum atomic E-state index is -0.639. The number of pyridine rings is 1. The first-order valence-corrected chi connectivity index (χ1v) is 9.01. The summed E-state index contributed by atoms with van der Waals surface area (Å²) in [6.45, 7) is 3.62. The molecule has 0 radical (unpaired) electrons. The van der Waals surface area contributed by atoms with E-state index < -0.39 is 6.04 Å². The molecule has 0 bridgehead atoms. The number of aromatic nitrogens is 1. The van der Waals surface area contributed by atoms with Gasteiger partial charge in [0.1, 0.15) is 17.0 Å². The Balaban J connectivity index is 2.23. The molecule has 6 heteroatoms. The molecule has 0 unspecified atom stereocenters. The summed E-state index contributed by atoms with van der Waals surface area (Å²) >= 11 is 6.44. The molecule has 0 saturated carbocycles. The van der Waals surface area contributed by atoms with Gasteiger partial charge in [0.15, 0.2) is 0 Å². The van der Waals surface area contributed by atoms with Crippen LogP contribution in [0, 0.1) is 5.92 Å². The van der Waals surface area contributed by atoms with Crippen molar-refractivity contribution in [3.05, 3.63) is 64.8 Å². The lowest BCUT2D eigenvalue weighted by Crippen LogP contribution is -2.32. The molecule has 2 N–H and O–H groups in total. The molecule has 27 heavy (non-hydrogen) atoms. The van der Waals surface area contributed by atoms with E-state index in [2.05, 4.69) is 10.3 Å². The molecule has 0 spiro atoms. The van der Waals surface area contributed by atoms with Crippen LogP contribution < -0.4 is 10.1 Å². The number of methoxy groups -OCH3 is 1. The third-order valence-electron chi connectivity index (χ3n) is 4.42. The summed E-state index contributed by atoms with van der Waals surface area (Å²) in [5, 5.41) is 15.0. The molecule has 1 atom stereocenters. The van der Waals surface area contributed by atoms with Crippen molar-refractivity contribution in [2.75, 3.05) is 7.11 Å². The van der Waals surface area contributed by atoms with Crippen molar-refractivity contribution in [3.63, 3.8) is 0 Å². The number of para-hydroxylation sites is 1. The second-order valence-electron chi connectivity index (χ2n) is 6.53. The zero-order chi connectivity index (χ0) is 19.6. The third-order valence-corrected chi connectivity index (χ3v) is 4.73. The summed E-state index contributed by atoms with van der Waals surface area (Å²) in [7, 11) is 1.56. The number of ether oxygens (including phenoxy) is 1. The SMILES string of the molecule is COc1ccccc1[C@@H](NC(=O)C(C)C)c1cc(Cl)c2cccnc2c1O. The number of phenolic OH excluding ortho intramolecular Hbond substituents is 1. The molecule has 2 aromatic carbocycles. The zero-order valence-electron chi connectivity index (χ0n) is 15.4. The maximum Gasteiger partial charge on any atom is 0.223 e. The quantitative estimate of drug-likeness (QED) is 0.681. The molecule has 0 saturated heterocycles. The van der Waals surface area contributed by atoms with E-state index >= 15 is 0 Å². The fourth-order valence-corrected chi connectivity index (χ4v) is 3.23. The number of rotatable bonds is 5. The van der Waals surface area contributed by atoms with E-state index in [0.29, 0.717) is 27.2 Å². The van der Waals surface area contributed by atoms with Crippen molar-refractivity contribution < 1.29 is 14.6 Å². The number of carbonyl (C=O) groups excluding carboxylic acids is 1. The van der Waals surface area contributed by atoms with Gasteiger partial charge >= 0.3 is 0 Å². The molecular weight excluding hydrogens is 364 g/mol. The van der Waals surface area contributed by atoms with Crippen LogP contribution in [0.5, 0.6) is 11.5 Å². The summed E-state index contributed by atoms with van der Waals surface area (Å²) in [4.78, 5) is 16.7. The van der Waals surface area contributed by atoms with Gasteiger partial charge in [-0.1, -0.05) is 43.6 Å². The van der Waals surface area contributed by atoms with Gasteiger partial charge in [0, 0.05) is 28.6 Å². The maximum atomic E-state index is 12.5. The second-order valence-corrected chi connectivity index (χ2v) is 6.94. The summed E-state index contributed by atoms with van der Waals surface area (Å²) in [5.41, 5.74) is 1.57. The Kier molecular flexibility index (Phi) is 5.51. The summed E-state index contributed by atoms with van der Waals surface area (Å²) in [5.74, 6) is 0.208. The average molecular weight is 385 g/mol. The van der Waals surface area contributed by atoms with Gasteiger partial charge in [0.05, 0.1) is 18.2 Å². The predicted octanol–water partition coefficient (Wildman–Crippen LogP) is 4.46. The van der Waals surface area contributed by atoms with E-state index in [9.17, 15) is 9.90 Å². The highest BCUT2D eigenvalue weighted by atomic mass is 35.5. The van der Waals surface area contributed by atoms with Gasteiger partial charge in [-0.3, -0.25) is 9.78 Å². The van der Waals surface area contributed by atoms with E-state index in [1.807, 2.05) is 38.1 Å². The summed E-state index contributed by atoms with van der Waals surface area (Å²) < 4.78 is 5.47. The van der Waals surface area contributed by atoms with Crippen LogP contribution in [0.15, 0.2) is 48.7 Å². The van der Waals surface area contributed by atoms with Gasteiger partial charge in [0.25, 0.3) is 0 Å². The van der Waals surface area contributed by atoms with Crippen molar-refractivity contribution in [1.82, 2.24) is 10.3 Å². The molecule has 1 amide bonds. The zero-order valence-corrected chi connectivity index (χ0v) is 16.1. The highest BCUT2D eigenvalue weighted by Gasteiger charge is 2.26. The van der Waals surface area contributed by atoms with Crippen LogP contribution in [0.2, 0.25) is 5.02 Å². The number of aromatic hydroxyl groups is 1. The maximum absolute atomic E-state index is 12.5. The first kappa shape index (κ1) is 19.0. The Bertz CT molecular complexity index is 988. The number of nitrogens with zero attached hydrogens (tertiary/aromatic N) is 1. The lowest BCUT2D eigenvalue weighted by atomic mass is 9.95. The molecule has 1 aromatic heterocycles. The minimum absolute atomic E-state index is 0.0186. The number of carbonyl (C=O) groups is 1. The highest BCUT2D eigenvalue weighted by Crippen LogP contribution is 2.40. The van der Waals surface area contributed by atoms with Crippen LogP contribution in [0.1, 0.15) is 31.0 Å². The largest absolute Gasteiger partial charge is 0.505 e. The molecule has 0 aliphatic carbocycles. The first-order valence-electron chi connectivity index (χ1n) is 8.63. The van der Waals surface area contributed by atoms with Crippen LogP contribution >= 0.6 is 11.6 Å². The molecular formula is C21H21ClN2O3. The topological polar surface area (TPSA) is 71.5 Å². The second kappa shape index (κ2) is 7.84. The smallest absolute Gasteiger partial charge is 0.223 e. The Labute approximate surface area is 163 Å². The van der Waals surface area contributed by atoms with Gasteiger partial charge < -0.3 is 15.2 Å². The summed E-state index contributed by atoms with van der Waals surface area (Å²) in [6, 6.07) is 11.9. The van der Waals surface area contributed by atoms with E-state index in [0.717, 1.165) is 5.56 Å². The average Bonchev–Trinajstić information content (AvgIpc) is 2.69. The van der Waals surface area contributed by atoms with Crippen LogP contribution in [0.3, 0.4) is 0 Å². The van der Waals surface area contributed by atoms with E-state index in [1.54, 1.807) is 31.5 Å². The van der Waals surface area contributed by atoms with Gasteiger partial charge in [-0.2, -0.15) is 0 Å². The van der Waals surface area contributed by atoms with Crippen LogP contribution in [-0.2, 0) is 4.79 Å². The molecule has 0 aliphatic heterocycles. The molecule has 140 valence electrons. The standard InChI is InChI=1S/C21H21ClN2O3/c1-12(2)21(26)24-18(14-7-4-5-9-17(14)27-3)15-11-16(22)13-8-6-10-23-19(13)20(15)25/h4-12,18,25H,1-3H3,(H,24,26)/t18-/m1/s1. The van der Waals surface area contributed by atoms with Crippen molar-refractivity contribution in [2.45, 2.75) is 19.9 Å². The number of phenols is 1. The van der Waals surface area contributed by atoms with Gasteiger partial charge in [-0.25, -0.2) is 0 Å². The lowest BCUT2D eigenvalue weighted by Gasteiger charge is -2.24. The normalized spacial score (nSPS) is 12.2. The van der Waals surface area contributed by atoms with Crippen molar-refractivity contribution in [1.29, 1.82) is 0 Å². The van der Waals surface area contributed by atoms with E-state index in [-0.39, 0.29) is 17.6 Å². The highest BCUT2D eigenvalue weighted by molar-refractivity contribution is 6.35. The van der Waals surface area contributed by atoms with Crippen molar-refractivity contribution in [3.8, 4) is 11.5 Å². The van der Waals surface area contributed by atoms with Crippen molar-refractivity contribution >= 4 is 28.4 Å². The van der Waals surface area contributed by atoms with Gasteiger partial charge in [0.2, 0.25) is 5.91 Å². The van der Waals surface area contributed by atoms with E-state index in [1.165, 1.54) is 0 Å². The molecule has 1 heterocycles. The van der Waals surface area contributed by atoms with Crippen LogP contribution in [0.25, 0.3) is 10.9 Å². The number of halogens is 1. The van der Waals surface area contributed by atoms with E-state index in [4.69, 9.17) is 16.3 Å². The fourth-order valence-electron chi connectivity index (χ4n) is 2.96. The lowest BCUT2D eigenvalue weighted by molar-refractivity contribution is -0.124. The number of fused-ring (bicyclic) bond motifs is 1. The first-order chi connectivity index (χ1) is 12.9. The van der Waals surface area contributed by atoms with Crippen molar-refractivity contribution in [2.24, 2.45) is 5.92 Å². The molecule has 3 aromatic rings. The predicted molar refractivity (Wildman–Crippen MR) is 106 cm³/mol. The Morgan fingerprint density at radius 2 is 1.93 bits per heavy atom. The summed E-state index contributed by atoms with van der Waals surface area (Å²) in [6.07, 6.45) is 1.59. The fraction of sp³-hybridized carbons (Fsp3) is 0.238. The van der Waals surface area contributed by atoms with Gasteiger partial charge in [-0.15, -0.1) is 0 Å². The Morgan fingerprint density at radius 1 is 1.19 bits per heavy atom. The van der Waals surface area contributed by atoms with Crippen LogP contribution in [0.4, 0.5) is 0 Å². The number of amides is 1. The Morgan fingerprint density at radius 3 is 2.63 bits per heavy atom. The molecule has 5 nitrogen and oxygen atoms in total. The minimum Gasteiger partial charge on any atom is -0.505 e. The van der Waals surface area contributed by atoms with Gasteiger partial charge in [-0.05, 0) is 24.3 Å². The molecule has 0 aliphatic rings. The number of hydrogen-bond donors (Lipinski definition) is 2. The third kappa shape index (κ3) is 3.69.